The van der Waals surface area contributed by atoms with Crippen LogP contribution in [0.5, 0.6) is 0 Å². The molecule has 0 aliphatic heterocycles. The molecule has 0 bridgehead atoms. The lowest BCUT2D eigenvalue weighted by Gasteiger charge is -2.33. The van der Waals surface area contributed by atoms with Gasteiger partial charge in [-0.1, -0.05) is 19.8 Å². The molecule has 4 heteroatoms. The number of hydrogen-bond donors (Lipinski definition) is 1. The molecule has 1 fully saturated rings. The Kier molecular flexibility index (Phi) is 3.66. The molecule has 0 aromatic heterocycles. The lowest BCUT2D eigenvalue weighted by molar-refractivity contribution is 0.0182. The molecule has 0 spiro atoms. The first-order chi connectivity index (χ1) is 8.50. The van der Waals surface area contributed by atoms with Crippen LogP contribution in [0.1, 0.15) is 50.7 Å². The molecule has 1 saturated carbocycles. The average molecular weight is 258 g/mol. The second-order valence-corrected chi connectivity index (χ2v) is 5.11. The Balaban J connectivity index is 2.42. The Morgan fingerprint density at radius 3 is 2.11 bits per heavy atom. The average Bonchev–Trinajstić information content (AvgIpc) is 2.77. The molecule has 1 aromatic carbocycles. The monoisotopic (exact) mass is 258 g/mol. The normalized spacial score (nSPS) is 20.1. The van der Waals surface area contributed by atoms with E-state index in [9.17, 15) is 18.3 Å². The van der Waals surface area contributed by atoms with Gasteiger partial charge >= 0.3 is 0 Å². The number of rotatable bonds is 3. The fourth-order valence-electron chi connectivity index (χ4n) is 3.02. The summed E-state index contributed by atoms with van der Waals surface area (Å²) < 4.78 is 40.2. The maximum atomic E-state index is 13.7. The minimum absolute atomic E-state index is 0.389. The molecule has 1 aromatic rings. The van der Waals surface area contributed by atoms with Crippen molar-refractivity contribution < 1.29 is 18.3 Å². The lowest BCUT2D eigenvalue weighted by Crippen LogP contribution is -2.26. The third-order valence-electron chi connectivity index (χ3n) is 4.20. The Morgan fingerprint density at radius 2 is 1.67 bits per heavy atom. The van der Waals surface area contributed by atoms with Crippen molar-refractivity contribution in [2.24, 2.45) is 5.41 Å². The third-order valence-corrected chi connectivity index (χ3v) is 4.20. The minimum Gasteiger partial charge on any atom is -0.388 e. The summed E-state index contributed by atoms with van der Waals surface area (Å²) in [4.78, 5) is 0. The molecule has 2 rings (SSSR count). The van der Waals surface area contributed by atoms with Crippen molar-refractivity contribution in [1.82, 2.24) is 0 Å². The number of hydrogen-bond acceptors (Lipinski definition) is 1. The molecule has 1 nitrogen and oxygen atoms in total. The van der Waals surface area contributed by atoms with Crippen LogP contribution in [0.25, 0.3) is 0 Å². The van der Waals surface area contributed by atoms with Crippen LogP contribution >= 0.6 is 0 Å². The highest BCUT2D eigenvalue weighted by atomic mass is 19.1. The van der Waals surface area contributed by atoms with Crippen LogP contribution in [0.15, 0.2) is 12.1 Å². The molecule has 18 heavy (non-hydrogen) atoms. The maximum Gasteiger partial charge on any atom is 0.134 e. The van der Waals surface area contributed by atoms with Gasteiger partial charge in [0.2, 0.25) is 0 Å². The molecule has 1 atom stereocenters. The van der Waals surface area contributed by atoms with Gasteiger partial charge in [0.15, 0.2) is 0 Å². The van der Waals surface area contributed by atoms with Gasteiger partial charge < -0.3 is 5.11 Å². The van der Waals surface area contributed by atoms with Crippen LogP contribution in [0, 0.1) is 22.9 Å². The molecule has 1 N–H and O–H groups in total. The highest BCUT2D eigenvalue weighted by Crippen LogP contribution is 2.50. The van der Waals surface area contributed by atoms with E-state index in [1.807, 2.05) is 6.92 Å². The molecule has 1 aliphatic carbocycles. The van der Waals surface area contributed by atoms with Crippen molar-refractivity contribution in [3.63, 3.8) is 0 Å². The summed E-state index contributed by atoms with van der Waals surface area (Å²) in [6.07, 6.45) is 2.86. The van der Waals surface area contributed by atoms with Gasteiger partial charge in [-0.15, -0.1) is 0 Å². The molecule has 0 heterocycles. The van der Waals surface area contributed by atoms with E-state index in [0.717, 1.165) is 25.7 Å². The van der Waals surface area contributed by atoms with Crippen molar-refractivity contribution >= 4 is 0 Å². The molecule has 0 radical (unpaired) electrons. The fraction of sp³-hybridized carbons (Fsp3) is 0.571. The van der Waals surface area contributed by atoms with E-state index >= 15 is 0 Å². The maximum absolute atomic E-state index is 13.7. The third kappa shape index (κ3) is 2.14. The Hall–Kier alpha value is -1.03. The van der Waals surface area contributed by atoms with Gasteiger partial charge in [0.25, 0.3) is 0 Å². The minimum atomic E-state index is -1.20. The second kappa shape index (κ2) is 4.92. The molecular formula is C14H17F3O. The van der Waals surface area contributed by atoms with Gasteiger partial charge in [0.05, 0.1) is 11.7 Å². The topological polar surface area (TPSA) is 20.2 Å². The summed E-state index contributed by atoms with van der Waals surface area (Å²) in [5, 5.41) is 10.3. The first-order valence-electron chi connectivity index (χ1n) is 6.32. The summed E-state index contributed by atoms with van der Waals surface area (Å²) in [5.74, 6) is -2.96. The molecule has 0 saturated heterocycles. The van der Waals surface area contributed by atoms with E-state index in [2.05, 4.69) is 0 Å². The molecular weight excluding hydrogens is 241 g/mol. The van der Waals surface area contributed by atoms with Crippen LogP contribution in [0.3, 0.4) is 0 Å². The number of benzene rings is 1. The van der Waals surface area contributed by atoms with Crippen molar-refractivity contribution in [1.29, 1.82) is 0 Å². The largest absolute Gasteiger partial charge is 0.388 e. The van der Waals surface area contributed by atoms with Gasteiger partial charge in [-0.2, -0.15) is 0 Å². The summed E-state index contributed by atoms with van der Waals surface area (Å²) in [6.45, 7) is 1.91. The predicted molar refractivity (Wildman–Crippen MR) is 62.5 cm³/mol. The van der Waals surface area contributed by atoms with Crippen LogP contribution in [-0.4, -0.2) is 5.11 Å². The summed E-state index contributed by atoms with van der Waals surface area (Å²) in [5.41, 5.74) is -0.861. The van der Waals surface area contributed by atoms with Gasteiger partial charge in [-0.3, -0.25) is 0 Å². The van der Waals surface area contributed by atoms with Crippen molar-refractivity contribution in [2.45, 2.75) is 45.1 Å². The summed E-state index contributed by atoms with van der Waals surface area (Å²) in [6, 6.07) is 1.25. The van der Waals surface area contributed by atoms with Gasteiger partial charge in [-0.25, -0.2) is 13.2 Å². The zero-order chi connectivity index (χ0) is 13.3. The van der Waals surface area contributed by atoms with Crippen molar-refractivity contribution in [3.05, 3.63) is 35.1 Å². The van der Waals surface area contributed by atoms with Crippen molar-refractivity contribution in [2.75, 3.05) is 0 Å². The number of halogens is 3. The van der Waals surface area contributed by atoms with E-state index in [-0.39, 0.29) is 5.56 Å². The first-order valence-corrected chi connectivity index (χ1v) is 6.32. The van der Waals surface area contributed by atoms with Gasteiger partial charge in [-0.05, 0) is 19.3 Å². The van der Waals surface area contributed by atoms with E-state index in [1.54, 1.807) is 0 Å². The number of aliphatic hydroxyl groups excluding tert-OH is 1. The van der Waals surface area contributed by atoms with E-state index in [1.165, 1.54) is 0 Å². The molecule has 1 aliphatic rings. The zero-order valence-electron chi connectivity index (χ0n) is 10.3. The number of aliphatic hydroxyl groups is 1. The fourth-order valence-corrected chi connectivity index (χ4v) is 3.02. The smallest absolute Gasteiger partial charge is 0.134 e. The predicted octanol–water partition coefficient (Wildman–Crippen LogP) is 4.11. The second-order valence-electron chi connectivity index (χ2n) is 5.11. The Morgan fingerprint density at radius 1 is 1.17 bits per heavy atom. The molecule has 1 unspecified atom stereocenters. The van der Waals surface area contributed by atoms with Crippen LogP contribution in [0.2, 0.25) is 0 Å². The summed E-state index contributed by atoms with van der Waals surface area (Å²) >= 11 is 0. The Labute approximate surface area is 105 Å². The molecule has 100 valence electrons. The lowest BCUT2D eigenvalue weighted by atomic mass is 9.75. The molecule has 0 amide bonds. The highest BCUT2D eigenvalue weighted by molar-refractivity contribution is 5.25. The Bertz CT molecular complexity index is 416. The SMILES string of the molecule is CCC1(C(O)c2c(F)cc(F)cc2F)CCCC1. The van der Waals surface area contributed by atoms with E-state index in [0.29, 0.717) is 18.6 Å². The van der Waals surface area contributed by atoms with E-state index in [4.69, 9.17) is 0 Å². The summed E-state index contributed by atoms with van der Waals surface area (Å²) in [7, 11) is 0. The zero-order valence-corrected chi connectivity index (χ0v) is 10.3. The van der Waals surface area contributed by atoms with Crippen LogP contribution in [0.4, 0.5) is 13.2 Å². The van der Waals surface area contributed by atoms with Crippen LogP contribution < -0.4 is 0 Å². The quantitative estimate of drug-likeness (QED) is 0.865. The van der Waals surface area contributed by atoms with E-state index < -0.39 is 29.0 Å². The standard InChI is InChI=1S/C14H17F3O/c1-2-14(5-3-4-6-14)13(18)12-10(16)7-9(15)8-11(12)17/h7-8,13,18H,2-6H2,1H3. The van der Waals surface area contributed by atoms with Crippen molar-refractivity contribution in [3.8, 4) is 0 Å². The first kappa shape index (κ1) is 13.4. The van der Waals surface area contributed by atoms with Gasteiger partial charge in [0, 0.05) is 17.5 Å². The van der Waals surface area contributed by atoms with Gasteiger partial charge in [0.1, 0.15) is 17.5 Å². The highest BCUT2D eigenvalue weighted by Gasteiger charge is 2.41. The van der Waals surface area contributed by atoms with Crippen LogP contribution in [-0.2, 0) is 0 Å².